The number of aromatic hydroxyl groups is 2. The topological polar surface area (TPSA) is 139 Å². The monoisotopic (exact) mass is 941 g/mol. The van der Waals surface area contributed by atoms with Crippen LogP contribution < -0.4 is 29.4 Å². The SMILES string of the molecule is COc1c(O)c(CCc2cccc(-c3cc(C4(C)CCCC45CCCC5Cc4ccccc4)[n-]c3N3CCNCC3)c2)c2c(c1OCCC(O)C=Cc1ccccc1)C(=[OH+])CC(c1ccc(O)cc1)O2. The Morgan fingerprint density at radius 2 is 1.61 bits per heavy atom. The van der Waals surface area contributed by atoms with Crippen molar-refractivity contribution in [1.29, 1.82) is 0 Å². The number of hydrogen-bond donors (Lipinski definition) is 4. The number of phenolic OH excluding ortho intramolecular Hbond substituents is 2. The van der Waals surface area contributed by atoms with Crippen LogP contribution in [0.25, 0.3) is 17.2 Å². The van der Waals surface area contributed by atoms with Crippen LogP contribution in [0.5, 0.6) is 28.7 Å². The largest absolute Gasteiger partial charge is 0.508 e. The van der Waals surface area contributed by atoms with Gasteiger partial charge in [0.1, 0.15) is 24.0 Å². The Kier molecular flexibility index (Phi) is 13.8. The summed E-state index contributed by atoms with van der Waals surface area (Å²) in [5.41, 5.74) is 8.77. The summed E-state index contributed by atoms with van der Waals surface area (Å²) in [4.78, 5) is 20.1. The first kappa shape index (κ1) is 47.2. The van der Waals surface area contributed by atoms with E-state index >= 15 is 0 Å². The number of aliphatic hydroxyl groups is 1. The number of aromatic nitrogens is 1. The van der Waals surface area contributed by atoms with Crippen molar-refractivity contribution in [1.82, 2.24) is 10.3 Å². The minimum atomic E-state index is -0.797. The molecule has 2 saturated carbocycles. The lowest BCUT2D eigenvalue weighted by molar-refractivity contribution is 0.105. The first-order valence-electron chi connectivity index (χ1n) is 25.4. The normalized spacial score (nSPS) is 22.6. The van der Waals surface area contributed by atoms with Crippen LogP contribution in [0, 0.1) is 11.3 Å². The van der Waals surface area contributed by atoms with Crippen LogP contribution >= 0.6 is 0 Å². The molecule has 0 bridgehead atoms. The molecule has 2 aliphatic carbocycles. The fourth-order valence-electron chi connectivity index (χ4n) is 12.4. The Morgan fingerprint density at radius 1 is 0.871 bits per heavy atom. The Balaban J connectivity index is 0.958. The molecule has 6 aromatic rings. The molecule has 3 heterocycles. The first-order valence-corrected chi connectivity index (χ1v) is 25.4. The molecule has 1 aromatic heterocycles. The third-order valence-corrected chi connectivity index (χ3v) is 16.1. The van der Waals surface area contributed by atoms with Gasteiger partial charge in [-0.3, -0.25) is 4.79 Å². The van der Waals surface area contributed by atoms with Crippen LogP contribution in [-0.4, -0.2) is 71.9 Å². The first-order chi connectivity index (χ1) is 34.1. The summed E-state index contributed by atoms with van der Waals surface area (Å²) in [6.07, 6.45) is 12.0. The zero-order valence-corrected chi connectivity index (χ0v) is 40.6. The lowest BCUT2D eigenvalue weighted by atomic mass is 9.58. The molecule has 1 spiro atoms. The van der Waals surface area contributed by atoms with Gasteiger partial charge in [-0.15, -0.1) is 0 Å². The number of nitrogens with one attached hydrogen (secondary N) is 1. The van der Waals surface area contributed by atoms with Crippen molar-refractivity contribution in [2.45, 2.75) is 95.2 Å². The van der Waals surface area contributed by atoms with Gasteiger partial charge in [0.2, 0.25) is 5.75 Å². The number of aryl methyl sites for hydroxylation is 1. The number of piperazine rings is 1. The minimum Gasteiger partial charge on any atom is -0.508 e. The highest BCUT2D eigenvalue weighted by Gasteiger charge is 2.57. The molecule has 3 fully saturated rings. The molecular formula is C60H67N3O7. The molecular weight excluding hydrogens is 875 g/mol. The van der Waals surface area contributed by atoms with E-state index < -0.39 is 12.2 Å². The van der Waals surface area contributed by atoms with Gasteiger partial charge < -0.3 is 44.7 Å². The summed E-state index contributed by atoms with van der Waals surface area (Å²) in [7, 11) is 1.47. The zero-order valence-electron chi connectivity index (χ0n) is 40.6. The number of fused-ring (bicyclic) bond motifs is 1. The van der Waals surface area contributed by atoms with E-state index in [9.17, 15) is 20.1 Å². The molecule has 5 aromatic carbocycles. The molecule has 4 aliphatic rings. The van der Waals surface area contributed by atoms with E-state index in [-0.39, 0.29) is 59.1 Å². The van der Waals surface area contributed by atoms with Gasteiger partial charge in [-0.2, -0.15) is 0 Å². The average molecular weight is 942 g/mol. The molecule has 5 atom stereocenters. The number of methoxy groups -OCH3 is 1. The highest BCUT2D eigenvalue weighted by atomic mass is 16.5. The van der Waals surface area contributed by atoms with Crippen LogP contribution in [0.4, 0.5) is 5.82 Å². The van der Waals surface area contributed by atoms with Gasteiger partial charge in [0, 0.05) is 12.0 Å². The molecule has 10 rings (SSSR count). The fourth-order valence-corrected chi connectivity index (χ4v) is 12.4. The maximum absolute atomic E-state index is 12.1. The molecule has 10 nitrogen and oxygen atoms in total. The van der Waals surface area contributed by atoms with Crippen molar-refractivity contribution in [3.63, 3.8) is 0 Å². The highest BCUT2D eigenvalue weighted by Crippen LogP contribution is 2.65. The van der Waals surface area contributed by atoms with E-state index in [1.807, 2.05) is 36.4 Å². The van der Waals surface area contributed by atoms with Gasteiger partial charge in [-0.25, -0.2) is 0 Å². The van der Waals surface area contributed by atoms with Gasteiger partial charge in [0.25, 0.3) is 0 Å². The molecule has 0 radical (unpaired) electrons. The van der Waals surface area contributed by atoms with E-state index in [0.29, 0.717) is 35.6 Å². The average Bonchev–Trinajstić information content (AvgIpc) is 4.12. The van der Waals surface area contributed by atoms with Crippen LogP contribution in [0.15, 0.2) is 121 Å². The Morgan fingerprint density at radius 3 is 2.39 bits per heavy atom. The standard InChI is InChI=1S/C60H66N3O7/c1-59(28-11-30-60(59)29-10-18-45(60)37-41-14-7-4-8-15-41)52-38-49(58(62-52)63-33-31-61-32-34-63)44-17-9-16-42(36-44)20-26-48-54(67)57(68-2)56(69-35-27-47(65)23-19-40-12-5-3-6-13-40)53-50(66)39-51(70-55(48)53)43-21-24-46(64)25-22-43/h3-9,12-17,19,21-25,36,38,45,47,51,61,64-65H,10-11,18,20,26-35,37,39H2,1-2H3,(H,66,67)/q-1/p+1. The van der Waals surface area contributed by atoms with E-state index in [1.54, 1.807) is 30.3 Å². The molecule has 2 aliphatic heterocycles. The Hall–Kier alpha value is -6.49. The Labute approximate surface area is 412 Å². The summed E-state index contributed by atoms with van der Waals surface area (Å²) < 4.78 is 19.0. The number of carbonyl (C=O) groups excluding carboxylic acids is 1. The molecule has 10 heteroatoms. The quantitative estimate of drug-likeness (QED) is 0.0699. The van der Waals surface area contributed by atoms with Crippen LogP contribution in [-0.2, 0) is 24.7 Å². The maximum atomic E-state index is 12.1. The predicted octanol–water partition coefficient (Wildman–Crippen LogP) is 10.7. The number of phenols is 2. The fraction of sp³-hybridized carbons (Fsp3) is 0.383. The third kappa shape index (κ3) is 9.31. The second-order valence-corrected chi connectivity index (χ2v) is 20.2. The van der Waals surface area contributed by atoms with Crippen molar-refractivity contribution in [3.05, 3.63) is 160 Å². The van der Waals surface area contributed by atoms with E-state index in [2.05, 4.69) is 77.8 Å². The molecule has 1 saturated heterocycles. The van der Waals surface area contributed by atoms with Crippen LogP contribution in [0.1, 0.15) is 103 Å². The van der Waals surface area contributed by atoms with Gasteiger partial charge in [-0.1, -0.05) is 147 Å². The second kappa shape index (κ2) is 20.5. The van der Waals surface area contributed by atoms with Gasteiger partial charge in [-0.05, 0) is 133 Å². The lowest BCUT2D eigenvalue weighted by Crippen LogP contribution is -2.45. The number of aliphatic hydroxyl groups excluding tert-OH is 1. The maximum Gasteiger partial charge on any atom is 0.335 e. The van der Waals surface area contributed by atoms with E-state index in [4.69, 9.17) is 19.2 Å². The van der Waals surface area contributed by atoms with E-state index in [1.165, 1.54) is 56.0 Å². The number of rotatable bonds is 16. The predicted molar refractivity (Wildman–Crippen MR) is 277 cm³/mol. The number of nitrogens with zero attached hydrogens (tertiary/aromatic N) is 2. The second-order valence-electron chi connectivity index (χ2n) is 20.2. The van der Waals surface area contributed by atoms with Crippen LogP contribution in [0.2, 0.25) is 0 Å². The van der Waals surface area contributed by atoms with E-state index in [0.717, 1.165) is 67.1 Å². The van der Waals surface area contributed by atoms with Crippen molar-refractivity contribution in [3.8, 4) is 39.9 Å². The number of anilines is 1. The summed E-state index contributed by atoms with van der Waals surface area (Å²) in [6, 6.07) is 38.7. The minimum absolute atomic E-state index is 0.0297. The van der Waals surface area contributed by atoms with Crippen molar-refractivity contribution in [2.75, 3.05) is 44.8 Å². The summed E-state index contributed by atoms with van der Waals surface area (Å²) >= 11 is 0. The van der Waals surface area contributed by atoms with Crippen molar-refractivity contribution in [2.24, 2.45) is 11.3 Å². The number of hydrogen-bond acceptors (Lipinski definition) is 8. The lowest BCUT2D eigenvalue weighted by Gasteiger charge is -2.47. The summed E-state index contributed by atoms with van der Waals surface area (Å²) in [6.45, 7) is 6.23. The Bertz CT molecular complexity index is 2800. The van der Waals surface area contributed by atoms with Crippen LogP contribution in [0.3, 0.4) is 0 Å². The molecule has 0 amide bonds. The molecule has 364 valence electrons. The number of ether oxygens (including phenoxy) is 3. The highest BCUT2D eigenvalue weighted by molar-refractivity contribution is 6.05. The van der Waals surface area contributed by atoms with Gasteiger partial charge >= 0.3 is 5.78 Å². The molecule has 5 N–H and O–H groups in total. The van der Waals surface area contributed by atoms with Gasteiger partial charge in [0.15, 0.2) is 17.1 Å². The summed E-state index contributed by atoms with van der Waals surface area (Å²) in [5, 5.41) is 36.6. The van der Waals surface area contributed by atoms with Crippen molar-refractivity contribution < 1.29 is 34.3 Å². The molecule has 70 heavy (non-hydrogen) atoms. The summed E-state index contributed by atoms with van der Waals surface area (Å²) in [5.74, 6) is 2.29. The number of benzene rings is 5. The zero-order chi connectivity index (χ0) is 48.2. The third-order valence-electron chi connectivity index (χ3n) is 16.1. The van der Waals surface area contributed by atoms with Gasteiger partial charge in [0.05, 0.1) is 19.8 Å². The molecule has 5 unspecified atom stereocenters. The number of ketones is 1. The van der Waals surface area contributed by atoms with Crippen molar-refractivity contribution >= 4 is 17.7 Å². The smallest absolute Gasteiger partial charge is 0.335 e.